The highest BCUT2D eigenvalue weighted by Gasteiger charge is 2.19. The molecule has 0 aliphatic carbocycles. The number of hydrogen-bond acceptors (Lipinski definition) is 11. The van der Waals surface area contributed by atoms with Crippen molar-refractivity contribution in [2.24, 2.45) is 0 Å². The highest BCUT2D eigenvalue weighted by Crippen LogP contribution is 2.38. The number of aryl methyl sites for hydroxylation is 1. The Bertz CT molecular complexity index is 1030. The van der Waals surface area contributed by atoms with Gasteiger partial charge in [0.25, 0.3) is 0 Å². The largest absolute Gasteiger partial charge is 0.476 e. The Morgan fingerprint density at radius 1 is 1.19 bits per heavy atom. The lowest BCUT2D eigenvalue weighted by Gasteiger charge is -2.26. The van der Waals surface area contributed by atoms with Gasteiger partial charge < -0.3 is 21.5 Å². The van der Waals surface area contributed by atoms with Crippen LogP contribution >= 0.6 is 23.1 Å². The molecule has 3 aromatic heterocycles. The van der Waals surface area contributed by atoms with Gasteiger partial charge in [0.2, 0.25) is 5.88 Å². The summed E-state index contributed by atoms with van der Waals surface area (Å²) < 4.78 is 5.92. The molecule has 1 atom stereocenters. The molecule has 11 heteroatoms. The van der Waals surface area contributed by atoms with E-state index in [1.807, 2.05) is 12.1 Å². The standard InChI is InChI=1S/C21H28N8OS2/c1-13-19(14(2)32-21-26-16(22)12-17(23)27-21)28-20(31-13)15-3-4-25-18(11-15)30-10-9-29-7-5-24-6-8-29/h3-4,11-12,14,24H,5-10H2,1-2H3,(H4,22,23,26,27)/t14-/m0/s1. The number of ether oxygens (including phenoxy) is 1. The zero-order chi connectivity index (χ0) is 22.5. The number of nitrogen functional groups attached to an aromatic ring is 2. The van der Waals surface area contributed by atoms with Crippen molar-refractivity contribution in [1.82, 2.24) is 30.2 Å². The van der Waals surface area contributed by atoms with E-state index in [0.717, 1.165) is 53.9 Å². The average molecular weight is 473 g/mol. The van der Waals surface area contributed by atoms with Crippen molar-refractivity contribution in [3.05, 3.63) is 35.0 Å². The molecule has 0 amide bonds. The van der Waals surface area contributed by atoms with Crippen molar-refractivity contribution in [2.45, 2.75) is 24.3 Å². The molecule has 0 spiro atoms. The fourth-order valence-corrected chi connectivity index (χ4v) is 5.53. The number of piperazine rings is 1. The fourth-order valence-electron chi connectivity index (χ4n) is 3.47. The van der Waals surface area contributed by atoms with Gasteiger partial charge in [-0.05, 0) is 19.9 Å². The zero-order valence-electron chi connectivity index (χ0n) is 18.2. The SMILES string of the molecule is Cc1sc(-c2ccnc(OCCN3CCNCC3)c2)nc1[C@H](C)Sc1nc(N)cc(N)n1. The number of thioether (sulfide) groups is 1. The first-order chi connectivity index (χ1) is 15.5. The van der Waals surface area contributed by atoms with Gasteiger partial charge in [-0.3, -0.25) is 4.90 Å². The van der Waals surface area contributed by atoms with E-state index < -0.39 is 0 Å². The molecule has 1 aliphatic rings. The van der Waals surface area contributed by atoms with Crippen molar-refractivity contribution >= 4 is 34.7 Å². The van der Waals surface area contributed by atoms with Crippen LogP contribution in [-0.2, 0) is 0 Å². The van der Waals surface area contributed by atoms with E-state index in [9.17, 15) is 0 Å². The van der Waals surface area contributed by atoms with Gasteiger partial charge in [0, 0.05) is 61.5 Å². The zero-order valence-corrected chi connectivity index (χ0v) is 19.9. The van der Waals surface area contributed by atoms with Crippen LogP contribution in [0.3, 0.4) is 0 Å². The fraction of sp³-hybridized carbons (Fsp3) is 0.429. The Balaban J connectivity index is 1.41. The molecule has 1 saturated heterocycles. The second kappa shape index (κ2) is 10.4. The predicted molar refractivity (Wildman–Crippen MR) is 130 cm³/mol. The maximum Gasteiger partial charge on any atom is 0.213 e. The van der Waals surface area contributed by atoms with E-state index in [0.29, 0.717) is 29.3 Å². The molecule has 0 bridgehead atoms. The number of thiazole rings is 1. The second-order valence-electron chi connectivity index (χ2n) is 7.54. The molecule has 3 aromatic rings. The topological polar surface area (TPSA) is 128 Å². The van der Waals surface area contributed by atoms with Crippen LogP contribution in [0.4, 0.5) is 11.6 Å². The van der Waals surface area contributed by atoms with Crippen LogP contribution in [0, 0.1) is 6.92 Å². The number of anilines is 2. The van der Waals surface area contributed by atoms with E-state index in [1.54, 1.807) is 23.6 Å². The molecule has 32 heavy (non-hydrogen) atoms. The summed E-state index contributed by atoms with van der Waals surface area (Å²) in [5.74, 6) is 1.35. The highest BCUT2D eigenvalue weighted by atomic mass is 32.2. The van der Waals surface area contributed by atoms with Gasteiger partial charge in [-0.25, -0.2) is 19.9 Å². The third kappa shape index (κ3) is 5.85. The van der Waals surface area contributed by atoms with Crippen LogP contribution in [0.5, 0.6) is 5.88 Å². The van der Waals surface area contributed by atoms with Gasteiger partial charge in [0.15, 0.2) is 5.16 Å². The molecular weight excluding hydrogens is 444 g/mol. The number of nitrogens with zero attached hydrogens (tertiary/aromatic N) is 5. The minimum Gasteiger partial charge on any atom is -0.476 e. The molecule has 0 aromatic carbocycles. The van der Waals surface area contributed by atoms with Gasteiger partial charge >= 0.3 is 0 Å². The van der Waals surface area contributed by atoms with E-state index in [2.05, 4.69) is 39.0 Å². The summed E-state index contributed by atoms with van der Waals surface area (Å²) in [5, 5.41) is 4.90. The predicted octanol–water partition coefficient (Wildman–Crippen LogP) is 2.61. The minimum atomic E-state index is 0.0535. The van der Waals surface area contributed by atoms with E-state index in [1.165, 1.54) is 11.8 Å². The Kier molecular flexibility index (Phi) is 7.40. The smallest absolute Gasteiger partial charge is 0.213 e. The number of aromatic nitrogens is 4. The van der Waals surface area contributed by atoms with Crippen molar-refractivity contribution in [3.8, 4) is 16.5 Å². The third-order valence-corrected chi connectivity index (χ3v) is 7.10. The van der Waals surface area contributed by atoms with E-state index in [-0.39, 0.29) is 5.25 Å². The van der Waals surface area contributed by atoms with Gasteiger partial charge in [-0.15, -0.1) is 11.3 Å². The molecule has 0 unspecified atom stereocenters. The maximum atomic E-state index is 5.92. The van der Waals surface area contributed by atoms with Gasteiger partial charge in [-0.2, -0.15) is 0 Å². The number of pyridine rings is 1. The molecule has 0 radical (unpaired) electrons. The first-order valence-corrected chi connectivity index (χ1v) is 12.2. The first kappa shape index (κ1) is 22.7. The quantitative estimate of drug-likeness (QED) is 0.332. The Hall–Kier alpha value is -2.47. The summed E-state index contributed by atoms with van der Waals surface area (Å²) in [5.41, 5.74) is 13.6. The number of hydrogen-bond donors (Lipinski definition) is 3. The molecule has 4 heterocycles. The molecular formula is C21H28N8OS2. The Morgan fingerprint density at radius 3 is 2.69 bits per heavy atom. The molecule has 1 fully saturated rings. The monoisotopic (exact) mass is 472 g/mol. The lowest BCUT2D eigenvalue weighted by molar-refractivity contribution is 0.188. The summed E-state index contributed by atoms with van der Waals surface area (Å²) in [4.78, 5) is 21.3. The first-order valence-electron chi connectivity index (χ1n) is 10.5. The van der Waals surface area contributed by atoms with Crippen LogP contribution in [0.15, 0.2) is 29.6 Å². The summed E-state index contributed by atoms with van der Waals surface area (Å²) >= 11 is 3.15. The van der Waals surface area contributed by atoms with Gasteiger partial charge in [0.05, 0.1) is 10.9 Å². The number of rotatable bonds is 8. The minimum absolute atomic E-state index is 0.0535. The molecule has 5 N–H and O–H groups in total. The van der Waals surface area contributed by atoms with E-state index in [4.69, 9.17) is 21.2 Å². The number of nitrogens with two attached hydrogens (primary N) is 2. The molecule has 4 rings (SSSR count). The summed E-state index contributed by atoms with van der Waals surface area (Å²) in [6, 6.07) is 5.47. The van der Waals surface area contributed by atoms with Gasteiger partial charge in [0.1, 0.15) is 23.3 Å². The van der Waals surface area contributed by atoms with Crippen LogP contribution in [0.1, 0.15) is 22.7 Å². The van der Waals surface area contributed by atoms with Crippen molar-refractivity contribution in [1.29, 1.82) is 0 Å². The third-order valence-electron chi connectivity index (χ3n) is 5.09. The van der Waals surface area contributed by atoms with Crippen molar-refractivity contribution in [2.75, 3.05) is 50.8 Å². The van der Waals surface area contributed by atoms with Crippen LogP contribution < -0.4 is 21.5 Å². The second-order valence-corrected chi connectivity index (χ2v) is 10.1. The molecule has 170 valence electrons. The number of nitrogens with one attached hydrogen (secondary N) is 1. The Labute approximate surface area is 196 Å². The van der Waals surface area contributed by atoms with Crippen molar-refractivity contribution < 1.29 is 4.74 Å². The van der Waals surface area contributed by atoms with Crippen LogP contribution in [0.2, 0.25) is 0 Å². The van der Waals surface area contributed by atoms with Crippen LogP contribution in [-0.4, -0.2) is 64.2 Å². The average Bonchev–Trinajstić information content (AvgIpc) is 3.16. The Morgan fingerprint density at radius 2 is 1.94 bits per heavy atom. The summed E-state index contributed by atoms with van der Waals surface area (Å²) in [7, 11) is 0. The molecule has 1 aliphatic heterocycles. The summed E-state index contributed by atoms with van der Waals surface area (Å²) in [6.07, 6.45) is 1.77. The molecule has 9 nitrogen and oxygen atoms in total. The highest BCUT2D eigenvalue weighted by molar-refractivity contribution is 7.99. The molecule has 0 saturated carbocycles. The summed E-state index contributed by atoms with van der Waals surface area (Å²) in [6.45, 7) is 9.86. The maximum absolute atomic E-state index is 5.92. The lowest BCUT2D eigenvalue weighted by Crippen LogP contribution is -2.44. The van der Waals surface area contributed by atoms with Gasteiger partial charge in [-0.1, -0.05) is 11.8 Å². The lowest BCUT2D eigenvalue weighted by atomic mass is 10.2. The van der Waals surface area contributed by atoms with Crippen LogP contribution in [0.25, 0.3) is 10.6 Å². The normalized spacial score (nSPS) is 15.6. The van der Waals surface area contributed by atoms with E-state index >= 15 is 0 Å². The van der Waals surface area contributed by atoms with Crippen molar-refractivity contribution in [3.63, 3.8) is 0 Å².